The number of morpholine rings is 1. The molecular formula is C26H24F2N8O3. The van der Waals surface area contributed by atoms with E-state index in [4.69, 9.17) is 19.4 Å². The van der Waals surface area contributed by atoms with Crippen LogP contribution in [0.1, 0.15) is 23.1 Å². The van der Waals surface area contributed by atoms with Gasteiger partial charge in [-0.15, -0.1) is 0 Å². The number of anilines is 2. The number of aromatic nitrogens is 6. The number of ether oxygens (including phenoxy) is 2. The van der Waals surface area contributed by atoms with E-state index < -0.39 is 17.6 Å². The molecule has 0 atom stereocenters. The van der Waals surface area contributed by atoms with Crippen LogP contribution in [-0.4, -0.2) is 68.4 Å². The molecule has 200 valence electrons. The number of aromatic amines is 1. The minimum absolute atomic E-state index is 0.229. The molecule has 39 heavy (non-hydrogen) atoms. The fourth-order valence-electron chi connectivity index (χ4n) is 4.49. The summed E-state index contributed by atoms with van der Waals surface area (Å²) >= 11 is 0. The molecule has 2 N–H and O–H groups in total. The molecule has 11 nitrogen and oxygen atoms in total. The molecule has 0 saturated carbocycles. The summed E-state index contributed by atoms with van der Waals surface area (Å²) in [5.74, 6) is -0.446. The molecule has 0 bridgehead atoms. The molecule has 1 fully saturated rings. The molecule has 1 aliphatic rings. The van der Waals surface area contributed by atoms with Crippen molar-refractivity contribution in [3.05, 3.63) is 65.7 Å². The van der Waals surface area contributed by atoms with Crippen LogP contribution in [0, 0.1) is 11.6 Å². The first-order valence-electron chi connectivity index (χ1n) is 12.4. The fourth-order valence-corrected chi connectivity index (χ4v) is 4.49. The highest BCUT2D eigenvalue weighted by Gasteiger charge is 2.21. The van der Waals surface area contributed by atoms with Crippen molar-refractivity contribution in [1.82, 2.24) is 29.5 Å². The number of carbonyl (C=O) groups excluding carboxylic acids is 1. The van der Waals surface area contributed by atoms with Crippen molar-refractivity contribution in [1.29, 1.82) is 0 Å². The van der Waals surface area contributed by atoms with Crippen molar-refractivity contribution in [3.8, 4) is 5.69 Å². The largest absolute Gasteiger partial charge is 0.462 e. The van der Waals surface area contributed by atoms with E-state index in [1.165, 1.54) is 23.0 Å². The molecule has 13 heteroatoms. The summed E-state index contributed by atoms with van der Waals surface area (Å²) in [5, 5.41) is 3.26. The third kappa shape index (κ3) is 4.83. The summed E-state index contributed by atoms with van der Waals surface area (Å²) in [5.41, 5.74) is 2.62. The van der Waals surface area contributed by atoms with Crippen LogP contribution in [0.2, 0.25) is 0 Å². The lowest BCUT2D eigenvalue weighted by molar-refractivity contribution is 0.0528. The van der Waals surface area contributed by atoms with E-state index in [2.05, 4.69) is 20.3 Å². The van der Waals surface area contributed by atoms with Gasteiger partial charge < -0.3 is 24.7 Å². The standard InChI is InChI=1S/C26H24F2N8O3/c1-2-39-25(37)18-4-3-5-19-21(18)32-20(31-19)13-29-23-22-24(34-26(33-23)35-6-8-38-9-7-35)36(14-30-22)17-11-15(27)10-16(28)12-17/h3-5,10-12,14H,2,6-9,13H2,1H3,(H,31,32)(H,29,33,34). The minimum Gasteiger partial charge on any atom is -0.462 e. The van der Waals surface area contributed by atoms with Crippen molar-refractivity contribution in [3.63, 3.8) is 0 Å². The molecule has 6 rings (SSSR count). The van der Waals surface area contributed by atoms with Gasteiger partial charge in [0.2, 0.25) is 5.95 Å². The first-order chi connectivity index (χ1) is 19.0. The number of hydrogen-bond donors (Lipinski definition) is 2. The first-order valence-corrected chi connectivity index (χ1v) is 12.4. The predicted octanol–water partition coefficient (Wildman–Crippen LogP) is 3.60. The van der Waals surface area contributed by atoms with E-state index in [0.29, 0.717) is 71.7 Å². The fraction of sp³-hybridized carbons (Fsp3) is 0.269. The Morgan fingerprint density at radius 1 is 1.10 bits per heavy atom. The second-order valence-electron chi connectivity index (χ2n) is 8.85. The Kier molecular flexibility index (Phi) is 6.49. The van der Waals surface area contributed by atoms with Crippen LogP contribution in [0.5, 0.6) is 0 Å². The summed E-state index contributed by atoms with van der Waals surface area (Å²) in [6.45, 7) is 4.48. The van der Waals surface area contributed by atoms with Gasteiger partial charge in [0, 0.05) is 19.2 Å². The molecule has 1 aliphatic heterocycles. The van der Waals surface area contributed by atoms with E-state index in [1.807, 2.05) is 11.0 Å². The van der Waals surface area contributed by atoms with Crippen LogP contribution in [0.3, 0.4) is 0 Å². The molecule has 0 radical (unpaired) electrons. The number of benzene rings is 2. The van der Waals surface area contributed by atoms with E-state index in [1.54, 1.807) is 19.1 Å². The number of rotatable bonds is 7. The molecule has 0 unspecified atom stereocenters. The monoisotopic (exact) mass is 534 g/mol. The number of nitrogens with one attached hydrogen (secondary N) is 2. The van der Waals surface area contributed by atoms with Gasteiger partial charge in [0.1, 0.15) is 29.3 Å². The average Bonchev–Trinajstić information content (AvgIpc) is 3.56. The van der Waals surface area contributed by atoms with Crippen LogP contribution < -0.4 is 10.2 Å². The lowest BCUT2D eigenvalue weighted by Crippen LogP contribution is -2.37. The lowest BCUT2D eigenvalue weighted by Gasteiger charge is -2.27. The number of para-hydroxylation sites is 1. The predicted molar refractivity (Wildman–Crippen MR) is 139 cm³/mol. The third-order valence-electron chi connectivity index (χ3n) is 6.28. The van der Waals surface area contributed by atoms with Gasteiger partial charge in [-0.05, 0) is 31.2 Å². The summed E-state index contributed by atoms with van der Waals surface area (Å²) in [4.78, 5) is 36.0. The maximum atomic E-state index is 14.0. The van der Waals surface area contributed by atoms with Crippen molar-refractivity contribution >= 4 is 39.9 Å². The Hall–Kier alpha value is -4.65. The van der Waals surface area contributed by atoms with E-state index >= 15 is 0 Å². The molecule has 3 aromatic heterocycles. The Morgan fingerprint density at radius 3 is 2.67 bits per heavy atom. The molecule has 0 spiro atoms. The van der Waals surface area contributed by atoms with Gasteiger partial charge in [-0.25, -0.2) is 23.5 Å². The Labute approximate surface area is 220 Å². The maximum absolute atomic E-state index is 14.0. The van der Waals surface area contributed by atoms with Crippen LogP contribution in [0.4, 0.5) is 20.5 Å². The summed E-state index contributed by atoms with van der Waals surface area (Å²) in [6, 6.07) is 8.49. The zero-order valence-corrected chi connectivity index (χ0v) is 20.9. The van der Waals surface area contributed by atoms with Crippen molar-refractivity contribution in [2.45, 2.75) is 13.5 Å². The van der Waals surface area contributed by atoms with Gasteiger partial charge in [-0.2, -0.15) is 9.97 Å². The molecule has 5 aromatic rings. The highest BCUT2D eigenvalue weighted by molar-refractivity contribution is 6.02. The number of nitrogens with zero attached hydrogens (tertiary/aromatic N) is 6. The normalized spacial score (nSPS) is 13.8. The minimum atomic E-state index is -0.709. The van der Waals surface area contributed by atoms with Gasteiger partial charge in [0.15, 0.2) is 17.0 Å². The number of esters is 1. The molecular weight excluding hydrogens is 510 g/mol. The summed E-state index contributed by atoms with van der Waals surface area (Å²) in [6.07, 6.45) is 1.45. The lowest BCUT2D eigenvalue weighted by atomic mass is 10.2. The number of carbonyl (C=O) groups is 1. The third-order valence-corrected chi connectivity index (χ3v) is 6.28. The maximum Gasteiger partial charge on any atom is 0.340 e. The Morgan fingerprint density at radius 2 is 1.90 bits per heavy atom. The van der Waals surface area contributed by atoms with Crippen LogP contribution in [0.15, 0.2) is 42.7 Å². The number of hydrogen-bond acceptors (Lipinski definition) is 9. The van der Waals surface area contributed by atoms with Crippen molar-refractivity contribution in [2.24, 2.45) is 0 Å². The molecule has 4 heterocycles. The van der Waals surface area contributed by atoms with Crippen LogP contribution in [0.25, 0.3) is 27.9 Å². The highest BCUT2D eigenvalue weighted by atomic mass is 19.1. The van der Waals surface area contributed by atoms with Gasteiger partial charge in [0.25, 0.3) is 0 Å². The molecule has 0 aliphatic carbocycles. The second-order valence-corrected chi connectivity index (χ2v) is 8.85. The SMILES string of the molecule is CCOC(=O)c1cccc2[nH]c(CNc3nc(N4CCOCC4)nc4c3ncn4-c3cc(F)cc(F)c3)nc12. The van der Waals surface area contributed by atoms with E-state index in [0.717, 1.165) is 6.07 Å². The number of imidazole rings is 2. The zero-order chi connectivity index (χ0) is 26.9. The molecule has 1 saturated heterocycles. The van der Waals surface area contributed by atoms with Crippen LogP contribution >= 0.6 is 0 Å². The number of H-pyrrole nitrogens is 1. The topological polar surface area (TPSA) is 123 Å². The van der Waals surface area contributed by atoms with Crippen molar-refractivity contribution in [2.75, 3.05) is 43.1 Å². The van der Waals surface area contributed by atoms with E-state index in [9.17, 15) is 13.6 Å². The zero-order valence-electron chi connectivity index (χ0n) is 20.9. The first kappa shape index (κ1) is 24.7. The second kappa shape index (κ2) is 10.3. The van der Waals surface area contributed by atoms with E-state index in [-0.39, 0.29) is 18.8 Å². The van der Waals surface area contributed by atoms with Gasteiger partial charge >= 0.3 is 5.97 Å². The summed E-state index contributed by atoms with van der Waals surface area (Å²) < 4.78 is 40.1. The Bertz CT molecular complexity index is 1660. The summed E-state index contributed by atoms with van der Waals surface area (Å²) in [7, 11) is 0. The van der Waals surface area contributed by atoms with Gasteiger partial charge in [-0.3, -0.25) is 4.57 Å². The van der Waals surface area contributed by atoms with Gasteiger partial charge in [0.05, 0.1) is 43.1 Å². The average molecular weight is 535 g/mol. The smallest absolute Gasteiger partial charge is 0.340 e. The molecule has 2 aromatic carbocycles. The quantitative estimate of drug-likeness (QED) is 0.302. The number of fused-ring (bicyclic) bond motifs is 2. The highest BCUT2D eigenvalue weighted by Crippen LogP contribution is 2.27. The van der Waals surface area contributed by atoms with Crippen LogP contribution in [-0.2, 0) is 16.0 Å². The Balaban J connectivity index is 1.38. The molecule has 0 amide bonds. The van der Waals surface area contributed by atoms with Crippen molar-refractivity contribution < 1.29 is 23.0 Å². The van der Waals surface area contributed by atoms with Gasteiger partial charge in [-0.1, -0.05) is 6.07 Å². The number of halogens is 2.